The summed E-state index contributed by atoms with van der Waals surface area (Å²) >= 11 is 0. The highest BCUT2D eigenvalue weighted by atomic mass is 16.7. The Morgan fingerprint density at radius 3 is 1.41 bits per heavy atom. The van der Waals surface area contributed by atoms with Crippen LogP contribution in [0.15, 0.2) is 36.4 Å². The van der Waals surface area contributed by atoms with Crippen molar-refractivity contribution in [2.45, 2.75) is 75.9 Å². The third-order valence-electron chi connectivity index (χ3n) is 10.6. The normalized spacial score (nSPS) is 27.2. The second-order valence-corrected chi connectivity index (χ2v) is 13.7. The molecule has 16 nitrogen and oxygen atoms in total. The Bertz CT molecular complexity index is 1710. The Hall–Kier alpha value is -4.42. The summed E-state index contributed by atoms with van der Waals surface area (Å²) in [5, 5.41) is 52.1. The number of hydrogen-bond acceptors (Lipinski definition) is 16. The molecule has 0 aromatic heterocycles. The van der Waals surface area contributed by atoms with Crippen molar-refractivity contribution in [2.75, 3.05) is 56.4 Å². The van der Waals surface area contributed by atoms with E-state index in [-0.39, 0.29) is 47.0 Å². The molecule has 56 heavy (non-hydrogen) atoms. The lowest BCUT2D eigenvalue weighted by Crippen LogP contribution is -2.60. The van der Waals surface area contributed by atoms with E-state index in [9.17, 15) is 25.5 Å². The molecule has 0 aliphatic carbocycles. The van der Waals surface area contributed by atoms with E-state index in [4.69, 9.17) is 52.1 Å². The first kappa shape index (κ1) is 42.7. The summed E-state index contributed by atoms with van der Waals surface area (Å²) in [5.41, 5.74) is 2.00. The van der Waals surface area contributed by atoms with E-state index in [1.165, 1.54) is 40.6 Å². The van der Waals surface area contributed by atoms with Gasteiger partial charge in [0.1, 0.15) is 36.6 Å². The second kappa shape index (κ2) is 18.2. The molecule has 5 N–H and O–H groups in total. The van der Waals surface area contributed by atoms with Gasteiger partial charge in [-0.25, -0.2) is 0 Å². The lowest BCUT2D eigenvalue weighted by atomic mass is 9.85. The van der Waals surface area contributed by atoms with E-state index in [2.05, 4.69) is 13.8 Å². The van der Waals surface area contributed by atoms with Crippen LogP contribution in [-0.4, -0.2) is 119 Å². The van der Waals surface area contributed by atoms with Gasteiger partial charge >= 0.3 is 0 Å². The SMILES string of the molecule is COc1cc([C@H]2O[C@@H](c3cc(OC)c(O[C@H](C)[C@H](O)c4cc(OC)c(O[C@H]5O[C@H](CO)[C@H](O)[C@@H](O)[C@H]5O)c(OC)c4)c(OC)c3)[C@H](C)[C@H]2C)cc(OC)c1OC. The molecule has 5 rings (SSSR count). The number of rotatable bonds is 16. The van der Waals surface area contributed by atoms with Crippen LogP contribution in [-0.2, 0) is 9.47 Å². The molecule has 16 heteroatoms. The van der Waals surface area contributed by atoms with Crippen LogP contribution in [0.5, 0.6) is 51.7 Å². The summed E-state index contributed by atoms with van der Waals surface area (Å²) < 4.78 is 63.9. The molecule has 0 saturated carbocycles. The number of benzene rings is 3. The summed E-state index contributed by atoms with van der Waals surface area (Å²) in [5.74, 6) is 2.85. The van der Waals surface area contributed by atoms with E-state index < -0.39 is 49.5 Å². The van der Waals surface area contributed by atoms with Gasteiger partial charge in [-0.3, -0.25) is 0 Å². The third kappa shape index (κ3) is 8.18. The van der Waals surface area contributed by atoms with Gasteiger partial charge in [-0.15, -0.1) is 0 Å². The molecule has 3 aromatic rings. The van der Waals surface area contributed by atoms with Crippen LogP contribution in [0.4, 0.5) is 0 Å². The predicted molar refractivity (Wildman–Crippen MR) is 200 cm³/mol. The van der Waals surface area contributed by atoms with Crippen LogP contribution >= 0.6 is 0 Å². The summed E-state index contributed by atoms with van der Waals surface area (Å²) in [7, 11) is 10.5. The Kier molecular flexibility index (Phi) is 13.9. The summed E-state index contributed by atoms with van der Waals surface area (Å²) in [6, 6.07) is 10.4. The Morgan fingerprint density at radius 1 is 0.571 bits per heavy atom. The third-order valence-corrected chi connectivity index (χ3v) is 10.6. The maximum Gasteiger partial charge on any atom is 0.229 e. The maximum atomic E-state index is 11.6. The van der Waals surface area contributed by atoms with Gasteiger partial charge in [0.05, 0.1) is 68.6 Å². The van der Waals surface area contributed by atoms with Crippen LogP contribution in [0.3, 0.4) is 0 Å². The molecule has 2 fully saturated rings. The molecule has 0 unspecified atom stereocenters. The fourth-order valence-corrected chi connectivity index (χ4v) is 7.16. The number of aliphatic hydroxyl groups is 5. The van der Waals surface area contributed by atoms with Crippen molar-refractivity contribution in [3.8, 4) is 51.7 Å². The lowest BCUT2D eigenvalue weighted by Gasteiger charge is -2.39. The largest absolute Gasteiger partial charge is 0.493 e. The quantitative estimate of drug-likeness (QED) is 0.141. The van der Waals surface area contributed by atoms with Gasteiger partial charge in [-0.05, 0) is 71.8 Å². The average Bonchev–Trinajstić information content (AvgIpc) is 3.52. The molecule has 0 amide bonds. The molecule has 2 aliphatic rings. The molecule has 11 atom stereocenters. The summed E-state index contributed by atoms with van der Waals surface area (Å²) in [6.07, 6.45) is -10.4. The monoisotopic (exact) mass is 790 g/mol. The van der Waals surface area contributed by atoms with Crippen LogP contribution in [0.25, 0.3) is 0 Å². The van der Waals surface area contributed by atoms with E-state index in [0.717, 1.165) is 11.1 Å². The van der Waals surface area contributed by atoms with E-state index in [1.807, 2.05) is 24.3 Å². The van der Waals surface area contributed by atoms with E-state index in [0.29, 0.717) is 34.3 Å². The van der Waals surface area contributed by atoms with Gasteiger partial charge in [0.2, 0.25) is 23.5 Å². The average molecular weight is 791 g/mol. The van der Waals surface area contributed by atoms with Gasteiger partial charge in [-0.2, -0.15) is 0 Å². The van der Waals surface area contributed by atoms with Crippen LogP contribution in [0.1, 0.15) is 55.8 Å². The second-order valence-electron chi connectivity index (χ2n) is 13.7. The zero-order valence-corrected chi connectivity index (χ0v) is 33.2. The molecule has 2 saturated heterocycles. The molecule has 2 heterocycles. The molecule has 3 aromatic carbocycles. The van der Waals surface area contributed by atoms with Crippen molar-refractivity contribution in [1.29, 1.82) is 0 Å². The van der Waals surface area contributed by atoms with Crippen molar-refractivity contribution in [2.24, 2.45) is 11.8 Å². The summed E-state index contributed by atoms with van der Waals surface area (Å²) in [6.45, 7) is 5.29. The molecule has 0 bridgehead atoms. The number of aliphatic hydroxyl groups excluding tert-OH is 5. The molecule has 0 radical (unpaired) electrons. The zero-order valence-electron chi connectivity index (χ0n) is 33.2. The lowest BCUT2D eigenvalue weighted by molar-refractivity contribution is -0.277. The van der Waals surface area contributed by atoms with Gasteiger partial charge in [0.25, 0.3) is 0 Å². The van der Waals surface area contributed by atoms with Gasteiger partial charge in [0, 0.05) is 0 Å². The Labute approximate surface area is 326 Å². The molecular weight excluding hydrogens is 736 g/mol. The minimum atomic E-state index is -1.67. The first-order valence-electron chi connectivity index (χ1n) is 18.1. The highest BCUT2D eigenvalue weighted by molar-refractivity contribution is 5.57. The van der Waals surface area contributed by atoms with Crippen LogP contribution in [0, 0.1) is 11.8 Å². The fourth-order valence-electron chi connectivity index (χ4n) is 7.16. The van der Waals surface area contributed by atoms with Gasteiger partial charge in [-0.1, -0.05) is 13.8 Å². The number of methoxy groups -OCH3 is 7. The molecular formula is C40H54O16. The van der Waals surface area contributed by atoms with E-state index >= 15 is 0 Å². The first-order valence-corrected chi connectivity index (χ1v) is 18.1. The Balaban J connectivity index is 1.39. The topological polar surface area (TPSA) is 203 Å². The fraction of sp³-hybridized carbons (Fsp3) is 0.550. The molecule has 2 aliphatic heterocycles. The van der Waals surface area contributed by atoms with Crippen LogP contribution in [0.2, 0.25) is 0 Å². The van der Waals surface area contributed by atoms with Crippen LogP contribution < -0.4 is 42.6 Å². The highest BCUT2D eigenvalue weighted by Gasteiger charge is 2.46. The smallest absolute Gasteiger partial charge is 0.229 e. The zero-order chi connectivity index (χ0) is 41.0. The number of ether oxygens (including phenoxy) is 11. The molecule has 0 spiro atoms. The van der Waals surface area contributed by atoms with Crippen molar-refractivity contribution in [1.82, 2.24) is 0 Å². The first-order chi connectivity index (χ1) is 26.8. The van der Waals surface area contributed by atoms with Crippen molar-refractivity contribution in [3.63, 3.8) is 0 Å². The van der Waals surface area contributed by atoms with Crippen molar-refractivity contribution in [3.05, 3.63) is 53.1 Å². The Morgan fingerprint density at radius 2 is 1.00 bits per heavy atom. The summed E-state index contributed by atoms with van der Waals surface area (Å²) in [4.78, 5) is 0. The van der Waals surface area contributed by atoms with Crippen molar-refractivity contribution < 1.29 is 77.6 Å². The van der Waals surface area contributed by atoms with E-state index in [1.54, 1.807) is 28.3 Å². The molecule has 310 valence electrons. The van der Waals surface area contributed by atoms with Crippen molar-refractivity contribution >= 4 is 0 Å². The minimum absolute atomic E-state index is 0.0204. The maximum absolute atomic E-state index is 11.6. The van der Waals surface area contributed by atoms with Gasteiger partial charge < -0.3 is 77.6 Å². The predicted octanol–water partition coefficient (Wildman–Crippen LogP) is 3.51. The number of hydrogen-bond donors (Lipinski definition) is 5. The standard InChI is InChI=1S/C40H54O16/c1-18-19(2)36(55-35(18)22-13-24(46-4)37(52-10)25(14-22)47-5)23-15-28(50-8)38(29(16-23)51-9)53-20(3)31(42)21-11-26(48-6)39(27(12-21)49-7)56-40-34(45)33(44)32(43)30(17-41)54-40/h11-16,18-20,30-36,40-45H,17H2,1-10H3/t18-,19-,20-,30-,31+,32+,33-,34-,35+,36-,40-/m1/s1. The highest BCUT2D eigenvalue weighted by Crippen LogP contribution is 2.53. The van der Waals surface area contributed by atoms with Gasteiger partial charge in [0.15, 0.2) is 34.5 Å². The minimum Gasteiger partial charge on any atom is -0.493 e.